The summed E-state index contributed by atoms with van der Waals surface area (Å²) in [7, 11) is 1.60. The molecule has 1 aromatic rings. The van der Waals surface area contributed by atoms with Gasteiger partial charge in [-0.2, -0.15) is 0 Å². The molecule has 0 bridgehead atoms. The Morgan fingerprint density at radius 2 is 1.81 bits per heavy atom. The van der Waals surface area contributed by atoms with E-state index in [-0.39, 0.29) is 17.4 Å². The lowest BCUT2D eigenvalue weighted by atomic mass is 9.99. The Labute approximate surface area is 126 Å². The molecular formula is C17H24N2O2. The summed E-state index contributed by atoms with van der Waals surface area (Å²) in [6, 6.07) is 7.09. The van der Waals surface area contributed by atoms with E-state index in [0.29, 0.717) is 5.56 Å². The first-order valence-electron chi connectivity index (χ1n) is 7.20. The van der Waals surface area contributed by atoms with Crippen molar-refractivity contribution in [1.82, 2.24) is 10.6 Å². The molecule has 1 rings (SSSR count). The predicted octanol–water partition coefficient (Wildman–Crippen LogP) is 2.75. The summed E-state index contributed by atoms with van der Waals surface area (Å²) in [5, 5.41) is 5.54. The lowest BCUT2D eigenvalue weighted by Crippen LogP contribution is -2.42. The third-order valence-corrected chi connectivity index (χ3v) is 3.16. The summed E-state index contributed by atoms with van der Waals surface area (Å²) in [4.78, 5) is 23.3. The second-order valence-electron chi connectivity index (χ2n) is 5.66. The van der Waals surface area contributed by atoms with E-state index >= 15 is 0 Å². The molecule has 4 nitrogen and oxygen atoms in total. The van der Waals surface area contributed by atoms with Gasteiger partial charge in [0.1, 0.15) is 0 Å². The van der Waals surface area contributed by atoms with Gasteiger partial charge in [0.15, 0.2) is 0 Å². The van der Waals surface area contributed by atoms with Gasteiger partial charge in [0.05, 0.1) is 0 Å². The van der Waals surface area contributed by atoms with Gasteiger partial charge in [0.25, 0.3) is 5.91 Å². The minimum atomic E-state index is -0.195. The number of nitrogens with one attached hydrogen (secondary N) is 2. The van der Waals surface area contributed by atoms with Gasteiger partial charge in [-0.25, -0.2) is 0 Å². The molecule has 0 aliphatic heterocycles. The molecule has 0 aliphatic rings. The molecule has 0 saturated heterocycles. The average Bonchev–Trinajstić information content (AvgIpc) is 2.44. The topological polar surface area (TPSA) is 58.2 Å². The molecule has 1 aromatic carbocycles. The third-order valence-electron chi connectivity index (χ3n) is 3.16. The minimum Gasteiger partial charge on any atom is -0.355 e. The van der Waals surface area contributed by atoms with Gasteiger partial charge in [-0.15, -0.1) is 0 Å². The van der Waals surface area contributed by atoms with E-state index < -0.39 is 0 Å². The second-order valence-corrected chi connectivity index (χ2v) is 5.66. The first-order chi connectivity index (χ1) is 9.88. The molecule has 0 fully saturated rings. The quantitative estimate of drug-likeness (QED) is 0.791. The Morgan fingerprint density at radius 3 is 2.33 bits per heavy atom. The Kier molecular flexibility index (Phi) is 6.15. The molecule has 0 unspecified atom stereocenters. The van der Waals surface area contributed by atoms with Crippen LogP contribution in [0.4, 0.5) is 0 Å². The van der Waals surface area contributed by atoms with Crippen molar-refractivity contribution in [1.29, 1.82) is 0 Å². The van der Waals surface area contributed by atoms with Gasteiger partial charge < -0.3 is 10.6 Å². The smallest absolute Gasteiger partial charge is 0.251 e. The summed E-state index contributed by atoms with van der Waals surface area (Å²) in [5.41, 5.74) is 1.29. The summed E-state index contributed by atoms with van der Waals surface area (Å²) >= 11 is 0. The number of amides is 2. The van der Waals surface area contributed by atoms with Gasteiger partial charge in [0, 0.05) is 24.2 Å². The lowest BCUT2D eigenvalue weighted by Gasteiger charge is -2.24. The molecule has 0 radical (unpaired) electrons. The predicted molar refractivity (Wildman–Crippen MR) is 86.0 cm³/mol. The Morgan fingerprint density at radius 1 is 1.19 bits per heavy atom. The summed E-state index contributed by atoms with van der Waals surface area (Å²) in [5.74, 6) is -0.228. The van der Waals surface area contributed by atoms with Crippen LogP contribution >= 0.6 is 0 Å². The zero-order valence-electron chi connectivity index (χ0n) is 13.2. The van der Waals surface area contributed by atoms with Gasteiger partial charge in [-0.05, 0) is 44.0 Å². The average molecular weight is 288 g/mol. The van der Waals surface area contributed by atoms with Gasteiger partial charge in [-0.3, -0.25) is 9.59 Å². The van der Waals surface area contributed by atoms with E-state index in [1.165, 1.54) is 6.08 Å². The normalized spacial score (nSPS) is 11.4. The van der Waals surface area contributed by atoms with E-state index in [9.17, 15) is 9.59 Å². The third kappa shape index (κ3) is 5.81. The maximum Gasteiger partial charge on any atom is 0.251 e. The SMILES string of the molecule is CCCC(C)(C)NC(=O)/C=C/c1ccc(C(=O)NC)cc1. The van der Waals surface area contributed by atoms with Crippen molar-refractivity contribution in [3.05, 3.63) is 41.5 Å². The number of hydrogen-bond acceptors (Lipinski definition) is 2. The molecule has 0 saturated carbocycles. The molecule has 21 heavy (non-hydrogen) atoms. The van der Waals surface area contributed by atoms with Crippen molar-refractivity contribution in [3.63, 3.8) is 0 Å². The number of carbonyl (C=O) groups is 2. The van der Waals surface area contributed by atoms with Crippen LogP contribution in [0.3, 0.4) is 0 Å². The molecule has 0 atom stereocenters. The first-order valence-corrected chi connectivity index (χ1v) is 7.20. The molecule has 0 aromatic heterocycles. The van der Waals surface area contributed by atoms with Crippen LogP contribution in [-0.4, -0.2) is 24.4 Å². The van der Waals surface area contributed by atoms with Crippen LogP contribution in [0.15, 0.2) is 30.3 Å². The molecule has 2 N–H and O–H groups in total. The standard InChI is InChI=1S/C17H24N2O2/c1-5-12-17(2,3)19-15(20)11-8-13-6-9-14(10-7-13)16(21)18-4/h6-11H,5,12H2,1-4H3,(H,18,21)(H,19,20)/b11-8+. The van der Waals surface area contributed by atoms with Crippen molar-refractivity contribution < 1.29 is 9.59 Å². The highest BCUT2D eigenvalue weighted by atomic mass is 16.2. The summed E-state index contributed by atoms with van der Waals surface area (Å²) < 4.78 is 0. The summed E-state index contributed by atoms with van der Waals surface area (Å²) in [6.45, 7) is 6.12. The summed E-state index contributed by atoms with van der Waals surface area (Å²) in [6.07, 6.45) is 5.22. The highest BCUT2D eigenvalue weighted by molar-refractivity contribution is 5.95. The Balaban J connectivity index is 2.64. The number of hydrogen-bond donors (Lipinski definition) is 2. The Bertz CT molecular complexity index is 516. The van der Waals surface area contributed by atoms with E-state index in [1.54, 1.807) is 25.3 Å². The van der Waals surface area contributed by atoms with Crippen LogP contribution in [-0.2, 0) is 4.79 Å². The highest BCUT2D eigenvalue weighted by Crippen LogP contribution is 2.11. The van der Waals surface area contributed by atoms with Crippen LogP contribution in [0.25, 0.3) is 6.08 Å². The molecule has 2 amide bonds. The number of rotatable bonds is 6. The lowest BCUT2D eigenvalue weighted by molar-refractivity contribution is -0.118. The largest absolute Gasteiger partial charge is 0.355 e. The molecule has 0 heterocycles. The van der Waals surface area contributed by atoms with Crippen molar-refractivity contribution in [2.75, 3.05) is 7.05 Å². The van der Waals surface area contributed by atoms with E-state index in [2.05, 4.69) is 17.6 Å². The van der Waals surface area contributed by atoms with E-state index in [4.69, 9.17) is 0 Å². The van der Waals surface area contributed by atoms with Crippen molar-refractivity contribution in [3.8, 4) is 0 Å². The maximum atomic E-state index is 11.9. The molecule has 0 spiro atoms. The molecule has 4 heteroatoms. The molecule has 0 aliphatic carbocycles. The minimum absolute atomic E-state index is 0.108. The van der Waals surface area contributed by atoms with Crippen LogP contribution in [0, 0.1) is 0 Å². The number of carbonyl (C=O) groups excluding carboxylic acids is 2. The van der Waals surface area contributed by atoms with Gasteiger partial charge in [-0.1, -0.05) is 25.5 Å². The fourth-order valence-corrected chi connectivity index (χ4v) is 2.12. The first kappa shape index (κ1) is 17.0. The van der Waals surface area contributed by atoms with Crippen LogP contribution in [0.5, 0.6) is 0 Å². The fourth-order valence-electron chi connectivity index (χ4n) is 2.12. The zero-order valence-corrected chi connectivity index (χ0v) is 13.2. The zero-order chi connectivity index (χ0) is 15.9. The van der Waals surface area contributed by atoms with Crippen LogP contribution in [0.2, 0.25) is 0 Å². The molecular weight excluding hydrogens is 264 g/mol. The molecule has 114 valence electrons. The highest BCUT2D eigenvalue weighted by Gasteiger charge is 2.17. The van der Waals surface area contributed by atoms with Crippen molar-refractivity contribution in [2.45, 2.75) is 39.2 Å². The Hall–Kier alpha value is -2.10. The van der Waals surface area contributed by atoms with Gasteiger partial charge in [0.2, 0.25) is 5.91 Å². The van der Waals surface area contributed by atoms with E-state index in [0.717, 1.165) is 18.4 Å². The monoisotopic (exact) mass is 288 g/mol. The fraction of sp³-hybridized carbons (Fsp3) is 0.412. The number of benzene rings is 1. The van der Waals surface area contributed by atoms with Crippen LogP contribution < -0.4 is 10.6 Å². The van der Waals surface area contributed by atoms with Gasteiger partial charge >= 0.3 is 0 Å². The van der Waals surface area contributed by atoms with Crippen LogP contribution in [0.1, 0.15) is 49.5 Å². The van der Waals surface area contributed by atoms with Crippen molar-refractivity contribution >= 4 is 17.9 Å². The van der Waals surface area contributed by atoms with E-state index in [1.807, 2.05) is 26.0 Å². The second kappa shape index (κ2) is 7.62. The van der Waals surface area contributed by atoms with Crippen molar-refractivity contribution in [2.24, 2.45) is 0 Å². The maximum absolute atomic E-state index is 11.9.